The summed E-state index contributed by atoms with van der Waals surface area (Å²) in [6, 6.07) is 3.74. The van der Waals surface area contributed by atoms with Crippen molar-refractivity contribution in [3.8, 4) is 0 Å². The van der Waals surface area contributed by atoms with E-state index in [1.54, 1.807) is 14.1 Å². The third-order valence-electron chi connectivity index (χ3n) is 5.26. The molecule has 0 bridgehead atoms. The van der Waals surface area contributed by atoms with Gasteiger partial charge in [0.25, 0.3) is 0 Å². The molecule has 2 fully saturated rings. The van der Waals surface area contributed by atoms with Gasteiger partial charge in [0, 0.05) is 33.1 Å². The molecule has 2 aromatic rings. The molecule has 25 heavy (non-hydrogen) atoms. The van der Waals surface area contributed by atoms with Crippen LogP contribution in [0.25, 0.3) is 11.0 Å². The highest BCUT2D eigenvalue weighted by Gasteiger charge is 2.30. The van der Waals surface area contributed by atoms with E-state index < -0.39 is 11.1 Å². The minimum atomic E-state index is -0.566. The molecule has 2 aliphatic rings. The molecule has 0 radical (unpaired) electrons. The molecule has 0 unspecified atom stereocenters. The number of nitrogens with zero attached hydrogens (tertiary/aromatic N) is 3. The zero-order valence-corrected chi connectivity index (χ0v) is 14.5. The van der Waals surface area contributed by atoms with E-state index in [4.69, 9.17) is 0 Å². The molecule has 4 rings (SSSR count). The third kappa shape index (κ3) is 2.63. The number of amides is 1. The molecule has 1 aromatic heterocycles. The Balaban J connectivity index is 1.93. The number of benzene rings is 1. The van der Waals surface area contributed by atoms with Crippen LogP contribution in [0, 0.1) is 5.92 Å². The highest BCUT2D eigenvalue weighted by atomic mass is 16.2. The molecule has 1 aliphatic heterocycles. The summed E-state index contributed by atoms with van der Waals surface area (Å²) in [6.07, 6.45) is 4.09. The van der Waals surface area contributed by atoms with Gasteiger partial charge in [0.1, 0.15) is 0 Å². The summed E-state index contributed by atoms with van der Waals surface area (Å²) in [6.45, 7) is 1.86. The van der Waals surface area contributed by atoms with E-state index in [2.05, 4.69) is 10.2 Å². The Morgan fingerprint density at radius 3 is 2.12 bits per heavy atom. The first-order valence-corrected chi connectivity index (χ1v) is 8.77. The van der Waals surface area contributed by atoms with Gasteiger partial charge in [-0.2, -0.15) is 0 Å². The predicted molar refractivity (Wildman–Crippen MR) is 97.2 cm³/mol. The number of rotatable bonds is 3. The maximum Gasteiger partial charge on any atom is 0.316 e. The maximum absolute atomic E-state index is 12.3. The summed E-state index contributed by atoms with van der Waals surface area (Å²) in [5.74, 6) is 0.140. The first kappa shape index (κ1) is 15.9. The molecular formula is C18H22N4O3. The van der Waals surface area contributed by atoms with Crippen molar-refractivity contribution in [3.05, 3.63) is 32.8 Å². The summed E-state index contributed by atoms with van der Waals surface area (Å²) < 4.78 is 2.75. The number of hydrogen-bond donors (Lipinski definition) is 1. The molecule has 0 atom stereocenters. The molecule has 1 aliphatic carbocycles. The van der Waals surface area contributed by atoms with E-state index in [1.165, 1.54) is 9.13 Å². The van der Waals surface area contributed by atoms with Crippen molar-refractivity contribution in [2.75, 3.05) is 23.3 Å². The van der Waals surface area contributed by atoms with Crippen molar-refractivity contribution in [1.82, 2.24) is 9.13 Å². The summed E-state index contributed by atoms with van der Waals surface area (Å²) in [4.78, 5) is 38.8. The van der Waals surface area contributed by atoms with Gasteiger partial charge in [-0.25, -0.2) is 0 Å². The fourth-order valence-electron chi connectivity index (χ4n) is 3.51. The predicted octanol–water partition coefficient (Wildman–Crippen LogP) is 1.19. The van der Waals surface area contributed by atoms with Gasteiger partial charge in [-0.05, 0) is 37.8 Å². The summed E-state index contributed by atoms with van der Waals surface area (Å²) in [5.41, 5.74) is 1.87. The van der Waals surface area contributed by atoms with Crippen LogP contribution in [0.3, 0.4) is 0 Å². The molecule has 132 valence electrons. The normalized spacial score (nSPS) is 17.3. The fourth-order valence-corrected chi connectivity index (χ4v) is 3.51. The van der Waals surface area contributed by atoms with E-state index in [1.807, 2.05) is 12.1 Å². The van der Waals surface area contributed by atoms with Gasteiger partial charge in [0.2, 0.25) is 5.91 Å². The summed E-state index contributed by atoms with van der Waals surface area (Å²) in [7, 11) is 3.20. The maximum atomic E-state index is 12.3. The number of fused-ring (bicyclic) bond motifs is 1. The molecule has 1 saturated heterocycles. The highest BCUT2D eigenvalue weighted by molar-refractivity contribution is 6.00. The molecule has 1 saturated carbocycles. The highest BCUT2D eigenvalue weighted by Crippen LogP contribution is 2.35. The number of anilines is 2. The van der Waals surface area contributed by atoms with Crippen LogP contribution in [0.4, 0.5) is 11.4 Å². The van der Waals surface area contributed by atoms with E-state index in [-0.39, 0.29) is 11.8 Å². The minimum Gasteiger partial charge on any atom is -0.370 e. The van der Waals surface area contributed by atoms with Crippen molar-refractivity contribution >= 4 is 28.3 Å². The first-order chi connectivity index (χ1) is 12.0. The number of carbonyl (C=O) groups is 1. The van der Waals surface area contributed by atoms with Crippen molar-refractivity contribution in [1.29, 1.82) is 0 Å². The minimum absolute atomic E-state index is 0.0367. The second-order valence-corrected chi connectivity index (χ2v) is 7.04. The molecule has 7 nitrogen and oxygen atoms in total. The molecule has 2 heterocycles. The lowest BCUT2D eigenvalue weighted by molar-refractivity contribution is -0.117. The largest absolute Gasteiger partial charge is 0.370 e. The van der Waals surface area contributed by atoms with Crippen LogP contribution in [-0.2, 0) is 18.9 Å². The Labute approximate surface area is 144 Å². The van der Waals surface area contributed by atoms with Gasteiger partial charge >= 0.3 is 11.1 Å². The topological polar surface area (TPSA) is 76.3 Å². The summed E-state index contributed by atoms with van der Waals surface area (Å²) >= 11 is 0. The van der Waals surface area contributed by atoms with Crippen molar-refractivity contribution in [3.63, 3.8) is 0 Å². The van der Waals surface area contributed by atoms with Crippen LogP contribution in [-0.4, -0.2) is 28.1 Å². The zero-order valence-electron chi connectivity index (χ0n) is 14.5. The summed E-state index contributed by atoms with van der Waals surface area (Å²) in [5, 5.41) is 3.04. The average molecular weight is 342 g/mol. The van der Waals surface area contributed by atoms with E-state index in [9.17, 15) is 14.4 Å². The molecule has 7 heteroatoms. The van der Waals surface area contributed by atoms with Gasteiger partial charge in [-0.3, -0.25) is 14.4 Å². The molecule has 1 N–H and O–H groups in total. The van der Waals surface area contributed by atoms with Gasteiger partial charge in [-0.15, -0.1) is 0 Å². The average Bonchev–Trinajstić information content (AvgIpc) is 3.33. The smallest absolute Gasteiger partial charge is 0.316 e. The van der Waals surface area contributed by atoms with Crippen LogP contribution >= 0.6 is 0 Å². The Bertz CT molecular complexity index is 978. The first-order valence-electron chi connectivity index (χ1n) is 8.77. The standard InChI is InChI=1S/C18H22N4O3/c1-20-14-9-12(19-16(23)11-5-6-11)13(22-7-3-4-8-22)10-15(14)21(2)18(25)17(20)24/h9-11H,3-8H2,1-2H3,(H,19,23). The number of hydrogen-bond acceptors (Lipinski definition) is 4. The van der Waals surface area contributed by atoms with Crippen LogP contribution < -0.4 is 21.3 Å². The van der Waals surface area contributed by atoms with E-state index in [0.29, 0.717) is 11.0 Å². The van der Waals surface area contributed by atoms with Crippen LogP contribution in [0.1, 0.15) is 25.7 Å². The Morgan fingerprint density at radius 1 is 1.00 bits per heavy atom. The van der Waals surface area contributed by atoms with E-state index in [0.717, 1.165) is 50.1 Å². The van der Waals surface area contributed by atoms with Gasteiger partial charge in [-0.1, -0.05) is 0 Å². The van der Waals surface area contributed by atoms with Gasteiger partial charge in [0.15, 0.2) is 0 Å². The zero-order chi connectivity index (χ0) is 17.7. The monoisotopic (exact) mass is 342 g/mol. The lowest BCUT2D eigenvalue weighted by Crippen LogP contribution is -2.39. The molecule has 1 amide bonds. The van der Waals surface area contributed by atoms with Crippen molar-refractivity contribution in [2.24, 2.45) is 20.0 Å². The van der Waals surface area contributed by atoms with Crippen LogP contribution in [0.2, 0.25) is 0 Å². The van der Waals surface area contributed by atoms with Crippen LogP contribution in [0.5, 0.6) is 0 Å². The Kier molecular flexibility index (Phi) is 3.67. The van der Waals surface area contributed by atoms with E-state index >= 15 is 0 Å². The number of aryl methyl sites for hydroxylation is 2. The Morgan fingerprint density at radius 2 is 1.56 bits per heavy atom. The third-order valence-corrected chi connectivity index (χ3v) is 5.26. The number of nitrogens with one attached hydrogen (secondary N) is 1. The number of aromatic nitrogens is 2. The second kappa shape index (κ2) is 5.75. The quantitative estimate of drug-likeness (QED) is 0.850. The molecular weight excluding hydrogens is 320 g/mol. The van der Waals surface area contributed by atoms with Crippen molar-refractivity contribution < 1.29 is 4.79 Å². The van der Waals surface area contributed by atoms with Gasteiger partial charge in [0.05, 0.1) is 22.4 Å². The lowest BCUT2D eigenvalue weighted by atomic mass is 10.2. The molecule has 1 aromatic carbocycles. The van der Waals surface area contributed by atoms with Crippen LogP contribution in [0.15, 0.2) is 21.7 Å². The van der Waals surface area contributed by atoms with Gasteiger partial charge < -0.3 is 19.4 Å². The SMILES string of the molecule is Cn1c(=O)c(=O)n(C)c2cc(N3CCCC3)c(NC(=O)C3CC3)cc21. The second-order valence-electron chi connectivity index (χ2n) is 7.04. The Hall–Kier alpha value is -2.57. The van der Waals surface area contributed by atoms with Crippen molar-refractivity contribution in [2.45, 2.75) is 25.7 Å². The fraction of sp³-hybridized carbons (Fsp3) is 0.500. The lowest BCUT2D eigenvalue weighted by Gasteiger charge is -2.23. The number of carbonyl (C=O) groups excluding carboxylic acids is 1. The molecule has 0 spiro atoms.